The third-order valence-corrected chi connectivity index (χ3v) is 5.87. The number of ether oxygens (including phenoxy) is 3. The number of urea groups is 1. The Morgan fingerprint density at radius 2 is 1.78 bits per heavy atom. The van der Waals surface area contributed by atoms with Crippen molar-refractivity contribution >= 4 is 28.6 Å². The van der Waals surface area contributed by atoms with Crippen molar-refractivity contribution in [2.75, 3.05) is 38.3 Å². The maximum atomic E-state index is 14.4. The lowest BCUT2D eigenvalue weighted by molar-refractivity contribution is -0.142. The van der Waals surface area contributed by atoms with Crippen molar-refractivity contribution in [2.24, 2.45) is 7.05 Å². The minimum Gasteiger partial charge on any atom is -0.480 e. The van der Waals surface area contributed by atoms with Crippen LogP contribution in [0.5, 0.6) is 11.5 Å². The molecule has 2 aromatic heterocycles. The average Bonchev–Trinajstić information content (AvgIpc) is 3.42. The summed E-state index contributed by atoms with van der Waals surface area (Å²) in [5, 5.41) is 14.5. The minimum atomic E-state index is -1.04. The zero-order chi connectivity index (χ0) is 29.4. The van der Waals surface area contributed by atoms with Gasteiger partial charge in [0.05, 0.1) is 6.61 Å². The maximum absolute atomic E-state index is 14.4. The molecule has 0 saturated heterocycles. The first-order valence-corrected chi connectivity index (χ1v) is 12.6. The highest BCUT2D eigenvalue weighted by Crippen LogP contribution is 2.38. The Labute approximate surface area is 232 Å². The molecule has 0 aliphatic carbocycles. The topological polar surface area (TPSA) is 144 Å². The lowest BCUT2D eigenvalue weighted by atomic mass is 10.0. The molecule has 0 spiro atoms. The van der Waals surface area contributed by atoms with Crippen LogP contribution in [0.4, 0.5) is 19.3 Å². The van der Waals surface area contributed by atoms with Crippen LogP contribution >= 0.6 is 0 Å². The van der Waals surface area contributed by atoms with Crippen LogP contribution in [0, 0.1) is 11.6 Å². The first-order chi connectivity index (χ1) is 19.7. The summed E-state index contributed by atoms with van der Waals surface area (Å²) in [5.74, 6) is -2.66. The van der Waals surface area contributed by atoms with Gasteiger partial charge in [-0.1, -0.05) is 0 Å². The summed E-state index contributed by atoms with van der Waals surface area (Å²) in [6.07, 6.45) is 3.74. The van der Waals surface area contributed by atoms with E-state index in [0.29, 0.717) is 46.8 Å². The number of fused-ring (bicyclic) bond motifs is 1. The third-order valence-electron chi connectivity index (χ3n) is 5.87. The molecule has 11 nitrogen and oxygen atoms in total. The molecule has 13 heteroatoms. The fourth-order valence-corrected chi connectivity index (χ4v) is 4.00. The molecule has 0 aliphatic heterocycles. The molecule has 41 heavy (non-hydrogen) atoms. The van der Waals surface area contributed by atoms with Crippen LogP contribution in [-0.2, 0) is 21.3 Å². The fraction of sp³-hybridized carbons (Fsp3) is 0.250. The monoisotopic (exact) mass is 570 g/mol. The molecule has 2 aromatic carbocycles. The number of hydrogen-bond acceptors (Lipinski definition) is 6. The van der Waals surface area contributed by atoms with Gasteiger partial charge in [-0.15, -0.1) is 0 Å². The second-order valence-electron chi connectivity index (χ2n) is 8.91. The van der Waals surface area contributed by atoms with Crippen LogP contribution in [-0.4, -0.2) is 59.6 Å². The Balaban J connectivity index is 1.48. The molecule has 0 aliphatic rings. The van der Waals surface area contributed by atoms with Gasteiger partial charge in [-0.2, -0.15) is 0 Å². The number of rotatable bonds is 13. The predicted molar refractivity (Wildman–Crippen MR) is 146 cm³/mol. The van der Waals surface area contributed by atoms with Crippen LogP contribution in [0.3, 0.4) is 0 Å². The first kappa shape index (κ1) is 29.2. The number of carbonyl (C=O) groups is 2. The number of nitrogens with one attached hydrogen (secondary N) is 3. The minimum absolute atomic E-state index is 0.199. The highest BCUT2D eigenvalue weighted by atomic mass is 19.1. The van der Waals surface area contributed by atoms with E-state index in [1.807, 2.05) is 0 Å². The van der Waals surface area contributed by atoms with Gasteiger partial charge in [0.25, 0.3) is 5.56 Å². The van der Waals surface area contributed by atoms with Crippen molar-refractivity contribution < 1.29 is 37.7 Å². The van der Waals surface area contributed by atoms with Crippen LogP contribution in [0.25, 0.3) is 22.0 Å². The molecule has 0 unspecified atom stereocenters. The molecule has 0 atom stereocenters. The molecule has 2 amide bonds. The Hall–Kier alpha value is -4.75. The van der Waals surface area contributed by atoms with E-state index < -0.39 is 23.6 Å². The number of carboxylic acids is 1. The summed E-state index contributed by atoms with van der Waals surface area (Å²) < 4.78 is 45.4. The van der Waals surface area contributed by atoms with Crippen molar-refractivity contribution in [2.45, 2.75) is 6.42 Å². The molecule has 216 valence electrons. The van der Waals surface area contributed by atoms with E-state index in [1.165, 1.54) is 16.7 Å². The molecule has 4 N–H and O–H groups in total. The van der Waals surface area contributed by atoms with Gasteiger partial charge in [0.15, 0.2) is 11.6 Å². The highest BCUT2D eigenvalue weighted by Gasteiger charge is 2.17. The number of carbonyl (C=O) groups excluding carboxylic acids is 1. The maximum Gasteiger partial charge on any atom is 0.329 e. The number of anilines is 1. The number of aromatic nitrogens is 2. The van der Waals surface area contributed by atoms with Gasteiger partial charge < -0.3 is 39.5 Å². The quantitative estimate of drug-likeness (QED) is 0.176. The molecule has 4 rings (SSSR count). The largest absolute Gasteiger partial charge is 0.480 e. The summed E-state index contributed by atoms with van der Waals surface area (Å²) >= 11 is 0. The number of nitrogens with zero attached hydrogens (tertiary/aromatic N) is 1. The summed E-state index contributed by atoms with van der Waals surface area (Å²) in [4.78, 5) is 38.4. The highest BCUT2D eigenvalue weighted by molar-refractivity contribution is 5.97. The van der Waals surface area contributed by atoms with E-state index >= 15 is 0 Å². The van der Waals surface area contributed by atoms with Crippen molar-refractivity contribution in [3.8, 4) is 22.6 Å². The van der Waals surface area contributed by atoms with Gasteiger partial charge in [0.1, 0.15) is 23.7 Å². The summed E-state index contributed by atoms with van der Waals surface area (Å²) in [6.45, 7) is 0.677. The van der Waals surface area contributed by atoms with E-state index in [0.717, 1.165) is 6.07 Å². The van der Waals surface area contributed by atoms with Gasteiger partial charge in [0.2, 0.25) is 0 Å². The number of pyridine rings is 1. The number of aryl methyl sites for hydroxylation is 1. The fourth-order valence-electron chi connectivity index (χ4n) is 4.00. The van der Waals surface area contributed by atoms with E-state index in [4.69, 9.17) is 19.3 Å². The van der Waals surface area contributed by atoms with Gasteiger partial charge in [-0.05, 0) is 42.8 Å². The van der Waals surface area contributed by atoms with Crippen molar-refractivity contribution in [1.29, 1.82) is 0 Å². The molecular weight excluding hydrogens is 542 g/mol. The average molecular weight is 571 g/mol. The number of amides is 2. The van der Waals surface area contributed by atoms with Gasteiger partial charge in [-0.25, -0.2) is 18.4 Å². The Bertz CT molecular complexity index is 1600. The number of benzene rings is 2. The van der Waals surface area contributed by atoms with Crippen molar-refractivity contribution in [1.82, 2.24) is 14.9 Å². The number of aliphatic carboxylic acids is 1. The first-order valence-electron chi connectivity index (χ1n) is 12.6. The molecule has 0 radical (unpaired) electrons. The summed E-state index contributed by atoms with van der Waals surface area (Å²) in [6, 6.07) is 8.89. The second-order valence-corrected chi connectivity index (χ2v) is 8.91. The zero-order valence-corrected chi connectivity index (χ0v) is 22.0. The van der Waals surface area contributed by atoms with Crippen molar-refractivity contribution in [3.63, 3.8) is 0 Å². The second kappa shape index (κ2) is 13.5. The van der Waals surface area contributed by atoms with Gasteiger partial charge in [-0.3, -0.25) is 4.79 Å². The van der Waals surface area contributed by atoms with Crippen LogP contribution in [0.15, 0.2) is 59.7 Å². The molecule has 0 fully saturated rings. The van der Waals surface area contributed by atoms with Gasteiger partial charge >= 0.3 is 12.0 Å². The van der Waals surface area contributed by atoms with Crippen molar-refractivity contribution in [3.05, 3.63) is 76.8 Å². The summed E-state index contributed by atoms with van der Waals surface area (Å²) in [5.41, 5.74) is 1.52. The van der Waals surface area contributed by atoms with E-state index in [2.05, 4.69) is 15.6 Å². The SMILES string of the molecule is Cn1cc(-c2cc(NC(=O)NCCOCCCOCC(=O)O)ccc2Oc2ccc(F)cc2F)c2cc[nH]c2c1=O. The predicted octanol–water partition coefficient (Wildman–Crippen LogP) is 4.23. The Kier molecular flexibility index (Phi) is 9.66. The number of halogens is 2. The number of hydrogen-bond donors (Lipinski definition) is 4. The molecular formula is C28H28F2N4O7. The van der Waals surface area contributed by atoms with Gasteiger partial charge in [0, 0.05) is 67.5 Å². The molecule has 0 bridgehead atoms. The summed E-state index contributed by atoms with van der Waals surface area (Å²) in [7, 11) is 1.59. The number of aromatic amines is 1. The van der Waals surface area contributed by atoms with Crippen LogP contribution < -0.4 is 20.9 Å². The normalized spacial score (nSPS) is 11.0. The molecule has 0 saturated carbocycles. The van der Waals surface area contributed by atoms with Crippen LogP contribution in [0.1, 0.15) is 6.42 Å². The smallest absolute Gasteiger partial charge is 0.329 e. The Morgan fingerprint density at radius 3 is 2.56 bits per heavy atom. The van der Waals surface area contributed by atoms with Crippen LogP contribution in [0.2, 0.25) is 0 Å². The lowest BCUT2D eigenvalue weighted by Gasteiger charge is -2.16. The van der Waals surface area contributed by atoms with E-state index in [1.54, 1.807) is 37.6 Å². The van der Waals surface area contributed by atoms with E-state index in [-0.39, 0.29) is 43.4 Å². The zero-order valence-electron chi connectivity index (χ0n) is 22.0. The molecule has 4 aromatic rings. The molecule has 2 heterocycles. The third kappa shape index (κ3) is 7.68. The number of carboxylic acid groups (broad SMARTS) is 1. The lowest BCUT2D eigenvalue weighted by Crippen LogP contribution is -2.31. The standard InChI is InChI=1S/C28H28F2N4O7/c1-34-15-21(19-7-8-31-26(19)27(34)37)20-14-18(4-6-23(20)41-24-5-3-17(29)13-22(24)30)33-28(38)32-9-12-39-10-2-11-40-16-25(35)36/h3-8,13-15,31H,2,9-12,16H2,1H3,(H,35,36)(H2,32,33,38). The number of H-pyrrole nitrogens is 1. The Morgan fingerprint density at radius 1 is 1.00 bits per heavy atom. The van der Waals surface area contributed by atoms with E-state index in [9.17, 15) is 23.2 Å².